The van der Waals surface area contributed by atoms with E-state index in [1.54, 1.807) is 12.1 Å². The molecule has 0 aromatic carbocycles. The number of nitrogens with one attached hydrogen (secondary N) is 2. The monoisotopic (exact) mass is 251 g/mol. The number of aromatic nitrogens is 4. The van der Waals surface area contributed by atoms with Gasteiger partial charge in [0.05, 0.1) is 6.61 Å². The summed E-state index contributed by atoms with van der Waals surface area (Å²) in [6.07, 6.45) is 0.591. The Kier molecular flexibility index (Phi) is 2.53. The highest BCUT2D eigenvalue weighted by molar-refractivity contribution is 5.43. The average Bonchev–Trinajstić information content (AvgIpc) is 2.95. The molecule has 0 spiro atoms. The van der Waals surface area contributed by atoms with E-state index in [0.29, 0.717) is 37.6 Å². The van der Waals surface area contributed by atoms with Gasteiger partial charge in [-0.15, -0.1) is 5.10 Å². The van der Waals surface area contributed by atoms with E-state index in [-0.39, 0.29) is 0 Å². The quantitative estimate of drug-likeness (QED) is 0.645. The number of H-pyrrole nitrogens is 1. The van der Waals surface area contributed by atoms with Gasteiger partial charge in [0.15, 0.2) is 5.65 Å². The minimum absolute atomic E-state index is 0.313. The number of fused-ring (bicyclic) bond motifs is 1. The van der Waals surface area contributed by atoms with Crippen molar-refractivity contribution in [1.82, 2.24) is 19.8 Å². The van der Waals surface area contributed by atoms with Gasteiger partial charge in [-0.25, -0.2) is 9.89 Å². The summed E-state index contributed by atoms with van der Waals surface area (Å²) in [5, 5.41) is 23.2. The molecule has 96 valence electrons. The summed E-state index contributed by atoms with van der Waals surface area (Å²) in [5.74, 6) is 0.506. The Morgan fingerprint density at radius 1 is 1.61 bits per heavy atom. The molecule has 1 aliphatic rings. The van der Waals surface area contributed by atoms with E-state index >= 15 is 0 Å². The lowest BCUT2D eigenvalue weighted by atomic mass is 10.0. The van der Waals surface area contributed by atoms with E-state index in [2.05, 4.69) is 20.6 Å². The van der Waals surface area contributed by atoms with Crippen LogP contribution < -0.4 is 11.0 Å². The summed E-state index contributed by atoms with van der Waals surface area (Å²) in [5.41, 5.74) is -0.803. The first-order valence-electron chi connectivity index (χ1n) is 5.65. The van der Waals surface area contributed by atoms with E-state index in [4.69, 9.17) is 4.74 Å². The smallest absolute Gasteiger partial charge is 0.364 e. The van der Waals surface area contributed by atoms with Crippen LogP contribution in [0, 0.1) is 0 Å². The van der Waals surface area contributed by atoms with Crippen molar-refractivity contribution in [1.29, 1.82) is 0 Å². The largest absolute Gasteiger partial charge is 0.386 e. The van der Waals surface area contributed by atoms with Crippen molar-refractivity contribution >= 4 is 11.5 Å². The minimum Gasteiger partial charge on any atom is -0.386 e. The van der Waals surface area contributed by atoms with Gasteiger partial charge in [0, 0.05) is 19.6 Å². The lowest BCUT2D eigenvalue weighted by molar-refractivity contribution is 0.0381. The van der Waals surface area contributed by atoms with Crippen molar-refractivity contribution in [2.45, 2.75) is 12.0 Å². The van der Waals surface area contributed by atoms with Crippen molar-refractivity contribution in [3.63, 3.8) is 0 Å². The summed E-state index contributed by atoms with van der Waals surface area (Å²) < 4.78 is 6.31. The van der Waals surface area contributed by atoms with Crippen LogP contribution in [0.25, 0.3) is 5.65 Å². The van der Waals surface area contributed by atoms with Crippen LogP contribution >= 0.6 is 0 Å². The average molecular weight is 251 g/mol. The van der Waals surface area contributed by atoms with Gasteiger partial charge in [-0.2, -0.15) is 9.61 Å². The Hall–Kier alpha value is -1.93. The SMILES string of the molecule is O=c1[nH]nc2ccc(NCC3(O)CCOC3)nn12. The summed E-state index contributed by atoms with van der Waals surface area (Å²) in [6.45, 7) is 1.21. The van der Waals surface area contributed by atoms with Crippen molar-refractivity contribution in [3.05, 3.63) is 22.6 Å². The Morgan fingerprint density at radius 3 is 3.28 bits per heavy atom. The van der Waals surface area contributed by atoms with E-state index in [0.717, 1.165) is 4.52 Å². The molecule has 1 atom stereocenters. The first-order chi connectivity index (χ1) is 8.66. The maximum absolute atomic E-state index is 11.3. The highest BCUT2D eigenvalue weighted by atomic mass is 16.5. The van der Waals surface area contributed by atoms with Gasteiger partial charge in [0.2, 0.25) is 0 Å². The van der Waals surface area contributed by atoms with Crippen LogP contribution in [0.2, 0.25) is 0 Å². The fourth-order valence-corrected chi connectivity index (χ4v) is 1.89. The molecule has 0 bridgehead atoms. The van der Waals surface area contributed by atoms with E-state index in [1.165, 1.54) is 0 Å². The molecular weight excluding hydrogens is 238 g/mol. The van der Waals surface area contributed by atoms with E-state index in [9.17, 15) is 9.90 Å². The highest BCUT2D eigenvalue weighted by Crippen LogP contribution is 2.18. The standard InChI is InChI=1S/C10H13N5O3/c16-9-13-12-8-2-1-7(14-15(8)9)11-5-10(17)3-4-18-6-10/h1-2,17H,3-6H2,(H,11,14)(H,13,16). The zero-order valence-corrected chi connectivity index (χ0v) is 9.59. The van der Waals surface area contributed by atoms with Crippen LogP contribution in [-0.4, -0.2) is 50.3 Å². The lowest BCUT2D eigenvalue weighted by Gasteiger charge is -2.20. The number of aromatic amines is 1. The summed E-state index contributed by atoms with van der Waals surface area (Å²) >= 11 is 0. The third kappa shape index (κ3) is 1.95. The molecule has 0 saturated carbocycles. The number of anilines is 1. The van der Waals surface area contributed by atoms with Crippen LogP contribution in [-0.2, 0) is 4.74 Å². The third-order valence-electron chi connectivity index (χ3n) is 2.95. The molecule has 1 unspecified atom stereocenters. The molecule has 2 aromatic heterocycles. The van der Waals surface area contributed by atoms with Crippen molar-refractivity contribution in [2.24, 2.45) is 0 Å². The number of ether oxygens (including phenoxy) is 1. The molecule has 0 aliphatic carbocycles. The molecule has 8 heteroatoms. The fourth-order valence-electron chi connectivity index (χ4n) is 1.89. The molecule has 18 heavy (non-hydrogen) atoms. The minimum atomic E-state index is -0.863. The molecule has 1 fully saturated rings. The predicted octanol–water partition coefficient (Wildman–Crippen LogP) is -1.02. The van der Waals surface area contributed by atoms with Crippen LogP contribution in [0.15, 0.2) is 16.9 Å². The molecule has 1 saturated heterocycles. The second-order valence-corrected chi connectivity index (χ2v) is 4.40. The molecular formula is C10H13N5O3. The van der Waals surface area contributed by atoms with Crippen molar-refractivity contribution < 1.29 is 9.84 Å². The van der Waals surface area contributed by atoms with Gasteiger partial charge < -0.3 is 15.2 Å². The van der Waals surface area contributed by atoms with Crippen LogP contribution in [0.3, 0.4) is 0 Å². The van der Waals surface area contributed by atoms with Gasteiger partial charge in [0.1, 0.15) is 11.4 Å². The molecule has 2 aromatic rings. The Balaban J connectivity index is 1.78. The molecule has 3 N–H and O–H groups in total. The van der Waals surface area contributed by atoms with Crippen LogP contribution in [0.4, 0.5) is 5.82 Å². The molecule has 1 aliphatic heterocycles. The first kappa shape index (κ1) is 11.2. The second kappa shape index (κ2) is 4.07. The number of rotatable bonds is 3. The Bertz CT molecular complexity index is 613. The van der Waals surface area contributed by atoms with E-state index < -0.39 is 11.3 Å². The zero-order chi connectivity index (χ0) is 12.6. The topological polar surface area (TPSA) is 105 Å². The number of hydrogen-bond donors (Lipinski definition) is 3. The van der Waals surface area contributed by atoms with Gasteiger partial charge in [-0.3, -0.25) is 0 Å². The number of nitrogens with zero attached hydrogens (tertiary/aromatic N) is 3. The first-order valence-corrected chi connectivity index (χ1v) is 5.65. The Labute approximate surface area is 102 Å². The van der Waals surface area contributed by atoms with Crippen LogP contribution in [0.5, 0.6) is 0 Å². The van der Waals surface area contributed by atoms with Gasteiger partial charge in [0.25, 0.3) is 0 Å². The molecule has 8 nitrogen and oxygen atoms in total. The zero-order valence-electron chi connectivity index (χ0n) is 9.59. The van der Waals surface area contributed by atoms with Crippen molar-refractivity contribution in [3.8, 4) is 0 Å². The highest BCUT2D eigenvalue weighted by Gasteiger charge is 2.31. The predicted molar refractivity (Wildman–Crippen MR) is 62.5 cm³/mol. The summed E-state index contributed by atoms with van der Waals surface area (Å²) in [6, 6.07) is 3.37. The summed E-state index contributed by atoms with van der Waals surface area (Å²) in [4.78, 5) is 11.3. The second-order valence-electron chi connectivity index (χ2n) is 4.40. The van der Waals surface area contributed by atoms with E-state index in [1.807, 2.05) is 0 Å². The maximum atomic E-state index is 11.3. The maximum Gasteiger partial charge on any atom is 0.364 e. The molecule has 3 rings (SSSR count). The van der Waals surface area contributed by atoms with Gasteiger partial charge in [-0.05, 0) is 12.1 Å². The normalized spacial score (nSPS) is 23.6. The van der Waals surface area contributed by atoms with Gasteiger partial charge in [-0.1, -0.05) is 0 Å². The molecule has 0 amide bonds. The Morgan fingerprint density at radius 2 is 2.50 bits per heavy atom. The lowest BCUT2D eigenvalue weighted by Crippen LogP contribution is -2.37. The number of hydrogen-bond acceptors (Lipinski definition) is 6. The molecule has 3 heterocycles. The summed E-state index contributed by atoms with van der Waals surface area (Å²) in [7, 11) is 0. The van der Waals surface area contributed by atoms with Gasteiger partial charge >= 0.3 is 5.69 Å². The fraction of sp³-hybridized carbons (Fsp3) is 0.500. The van der Waals surface area contributed by atoms with Crippen molar-refractivity contribution in [2.75, 3.05) is 25.1 Å². The molecule has 0 radical (unpaired) electrons. The third-order valence-corrected chi connectivity index (χ3v) is 2.95. The number of aliphatic hydroxyl groups is 1. The van der Waals surface area contributed by atoms with Crippen LogP contribution in [0.1, 0.15) is 6.42 Å².